The number of likely N-dealkylation sites (N-methyl/N-ethyl adjacent to an activating group) is 1. The largest absolute Gasteiger partial charge is 0.362 e. The summed E-state index contributed by atoms with van der Waals surface area (Å²) in [5.41, 5.74) is 0.642. The van der Waals surface area contributed by atoms with Crippen molar-refractivity contribution in [3.8, 4) is 0 Å². The van der Waals surface area contributed by atoms with Crippen LogP contribution in [0.3, 0.4) is 0 Å². The van der Waals surface area contributed by atoms with Crippen LogP contribution >= 0.6 is 0 Å². The Labute approximate surface area is 202 Å². The van der Waals surface area contributed by atoms with Crippen molar-refractivity contribution in [1.29, 1.82) is 0 Å². The van der Waals surface area contributed by atoms with Crippen LogP contribution in [-0.4, -0.2) is 53.2 Å². The number of nitrogens with one attached hydrogen (secondary N) is 2. The predicted molar refractivity (Wildman–Crippen MR) is 130 cm³/mol. The van der Waals surface area contributed by atoms with E-state index in [-0.39, 0.29) is 9.79 Å². The standard InChI is InChI=1S/C20H22F2N2O2S.C6H13N/c1-2-24(18-10-12-23-11-9-17(18)23)19-5-3-4-6-20(19)27(25,26)14-7-8-15(21)16(22)13-14;1-2-4-6-7-5-3-1/h3-8,13,17-18H,2,9-12H2,1H3;7H,1-6H2/p+1. The van der Waals surface area contributed by atoms with E-state index in [0.29, 0.717) is 24.3 Å². The fraction of sp³-hybridized carbons (Fsp3) is 0.538. The topological polar surface area (TPSA) is 53.9 Å². The minimum Gasteiger partial charge on any atom is -0.362 e. The highest BCUT2D eigenvalue weighted by Gasteiger charge is 2.47. The summed E-state index contributed by atoms with van der Waals surface area (Å²) in [7, 11) is -3.96. The monoisotopic (exact) mass is 492 g/mol. The summed E-state index contributed by atoms with van der Waals surface area (Å²) in [4.78, 5) is 3.68. The highest BCUT2D eigenvalue weighted by molar-refractivity contribution is 7.91. The number of rotatable bonds is 5. The summed E-state index contributed by atoms with van der Waals surface area (Å²) >= 11 is 0. The molecule has 3 fully saturated rings. The van der Waals surface area contributed by atoms with Crippen molar-refractivity contribution in [2.75, 3.05) is 37.6 Å². The van der Waals surface area contributed by atoms with Crippen LogP contribution in [0.2, 0.25) is 0 Å². The van der Waals surface area contributed by atoms with Crippen LogP contribution in [0.25, 0.3) is 0 Å². The highest BCUT2D eigenvalue weighted by atomic mass is 32.2. The highest BCUT2D eigenvalue weighted by Crippen LogP contribution is 2.34. The Kier molecular flexibility index (Phi) is 8.22. The number of nitrogens with zero attached hydrogens (tertiary/aromatic N) is 1. The molecular formula is C26H36F2N3O2S+. The van der Waals surface area contributed by atoms with Gasteiger partial charge < -0.3 is 15.1 Å². The van der Waals surface area contributed by atoms with E-state index in [9.17, 15) is 17.2 Å². The molecule has 34 heavy (non-hydrogen) atoms. The maximum atomic E-state index is 13.6. The van der Waals surface area contributed by atoms with Gasteiger partial charge in [-0.25, -0.2) is 17.2 Å². The molecular weight excluding hydrogens is 456 g/mol. The first kappa shape index (κ1) is 25.1. The van der Waals surface area contributed by atoms with Gasteiger partial charge in [0, 0.05) is 13.0 Å². The number of quaternary nitrogens is 1. The number of halogens is 2. The first-order valence-electron chi connectivity index (χ1n) is 12.5. The van der Waals surface area contributed by atoms with Crippen LogP contribution in [0.15, 0.2) is 52.3 Å². The molecule has 3 atom stereocenters. The molecule has 0 aromatic heterocycles. The average Bonchev–Trinajstić information content (AvgIpc) is 3.01. The van der Waals surface area contributed by atoms with Crippen molar-refractivity contribution < 1.29 is 22.1 Å². The molecule has 3 heterocycles. The third-order valence-electron chi connectivity index (χ3n) is 7.39. The Morgan fingerprint density at radius 1 is 0.971 bits per heavy atom. The van der Waals surface area contributed by atoms with Gasteiger partial charge in [-0.3, -0.25) is 0 Å². The molecule has 3 saturated heterocycles. The number of hydrogen-bond acceptors (Lipinski definition) is 4. The third kappa shape index (κ3) is 5.29. The molecule has 3 unspecified atom stereocenters. The summed E-state index contributed by atoms with van der Waals surface area (Å²) in [5.74, 6) is -2.22. The number of para-hydroxylation sites is 1. The van der Waals surface area contributed by atoms with E-state index < -0.39 is 21.5 Å². The lowest BCUT2D eigenvalue weighted by Crippen LogP contribution is -3.20. The molecule has 0 aliphatic carbocycles. The second-order valence-corrected chi connectivity index (χ2v) is 11.3. The van der Waals surface area contributed by atoms with Crippen LogP contribution < -0.4 is 15.1 Å². The van der Waals surface area contributed by atoms with Crippen molar-refractivity contribution in [2.24, 2.45) is 0 Å². The zero-order valence-electron chi connectivity index (χ0n) is 19.9. The van der Waals surface area contributed by atoms with Crippen LogP contribution in [0.1, 0.15) is 45.4 Å². The number of hydrogen-bond donors (Lipinski definition) is 2. The van der Waals surface area contributed by atoms with Gasteiger partial charge in [-0.15, -0.1) is 0 Å². The molecule has 0 spiro atoms. The summed E-state index contributed by atoms with van der Waals surface area (Å²) < 4.78 is 53.3. The molecule has 2 aromatic rings. The Balaban J connectivity index is 0.000000336. The Morgan fingerprint density at radius 2 is 1.68 bits per heavy atom. The molecule has 0 radical (unpaired) electrons. The van der Waals surface area contributed by atoms with Gasteiger partial charge in [0.2, 0.25) is 9.84 Å². The minimum atomic E-state index is -3.96. The van der Waals surface area contributed by atoms with Gasteiger partial charge >= 0.3 is 0 Å². The van der Waals surface area contributed by atoms with Gasteiger partial charge in [-0.05, 0) is 63.2 Å². The van der Waals surface area contributed by atoms with E-state index in [0.717, 1.165) is 37.6 Å². The molecule has 0 amide bonds. The van der Waals surface area contributed by atoms with Gasteiger partial charge in [0.15, 0.2) is 11.6 Å². The smallest absolute Gasteiger partial charge is 0.208 e. The quantitative estimate of drug-likeness (QED) is 0.630. The molecule has 8 heteroatoms. The third-order valence-corrected chi connectivity index (χ3v) is 9.19. The molecule has 3 aliphatic heterocycles. The zero-order valence-corrected chi connectivity index (χ0v) is 20.7. The molecule has 186 valence electrons. The number of anilines is 1. The van der Waals surface area contributed by atoms with Crippen molar-refractivity contribution in [2.45, 2.75) is 67.3 Å². The molecule has 0 bridgehead atoms. The van der Waals surface area contributed by atoms with E-state index in [4.69, 9.17) is 0 Å². The van der Waals surface area contributed by atoms with Gasteiger partial charge in [0.05, 0.1) is 41.0 Å². The van der Waals surface area contributed by atoms with Crippen LogP contribution in [-0.2, 0) is 9.84 Å². The zero-order chi connectivity index (χ0) is 24.1. The normalized spacial score (nSPS) is 24.3. The second kappa shape index (κ2) is 11.1. The van der Waals surface area contributed by atoms with Crippen molar-refractivity contribution in [3.05, 3.63) is 54.1 Å². The Hall–Kier alpha value is -2.03. The predicted octanol–water partition coefficient (Wildman–Crippen LogP) is 3.20. The Bertz CT molecular complexity index is 1060. The van der Waals surface area contributed by atoms with Crippen molar-refractivity contribution >= 4 is 15.5 Å². The number of fused-ring (bicyclic) bond motifs is 1. The maximum Gasteiger partial charge on any atom is 0.208 e. The molecule has 2 N–H and O–H groups in total. The second-order valence-electron chi connectivity index (χ2n) is 9.41. The fourth-order valence-electron chi connectivity index (χ4n) is 5.45. The van der Waals surface area contributed by atoms with Crippen LogP contribution in [0.4, 0.5) is 14.5 Å². The lowest BCUT2D eigenvalue weighted by molar-refractivity contribution is -0.954. The summed E-state index contributed by atoms with van der Waals surface area (Å²) in [5, 5.41) is 3.35. The molecule has 2 aromatic carbocycles. The van der Waals surface area contributed by atoms with E-state index >= 15 is 0 Å². The first-order valence-corrected chi connectivity index (χ1v) is 14.0. The lowest BCUT2D eigenvalue weighted by Gasteiger charge is -2.39. The van der Waals surface area contributed by atoms with E-state index in [1.165, 1.54) is 45.3 Å². The summed E-state index contributed by atoms with van der Waals surface area (Å²) in [6.07, 6.45) is 7.85. The first-order chi connectivity index (χ1) is 16.4. The minimum absolute atomic E-state index is 0.144. The van der Waals surface area contributed by atoms with E-state index in [1.807, 2.05) is 19.1 Å². The van der Waals surface area contributed by atoms with Gasteiger partial charge in [0.25, 0.3) is 0 Å². The van der Waals surface area contributed by atoms with E-state index in [1.54, 1.807) is 17.0 Å². The molecule has 3 aliphatic rings. The molecule has 5 rings (SSSR count). The Morgan fingerprint density at radius 3 is 2.29 bits per heavy atom. The van der Waals surface area contributed by atoms with Crippen LogP contribution in [0, 0.1) is 11.6 Å². The van der Waals surface area contributed by atoms with Gasteiger partial charge in [-0.1, -0.05) is 25.0 Å². The number of benzene rings is 2. The van der Waals surface area contributed by atoms with Crippen molar-refractivity contribution in [1.82, 2.24) is 5.32 Å². The number of sulfone groups is 1. The fourth-order valence-corrected chi connectivity index (χ4v) is 6.93. The summed E-state index contributed by atoms with van der Waals surface area (Å²) in [6, 6.07) is 10.4. The lowest BCUT2D eigenvalue weighted by atomic mass is 9.98. The molecule has 0 saturated carbocycles. The van der Waals surface area contributed by atoms with Gasteiger partial charge in [-0.2, -0.15) is 0 Å². The molecule has 5 nitrogen and oxygen atoms in total. The van der Waals surface area contributed by atoms with Crippen LogP contribution in [0.5, 0.6) is 0 Å². The van der Waals surface area contributed by atoms with Gasteiger partial charge in [0.1, 0.15) is 6.04 Å². The van der Waals surface area contributed by atoms with Crippen molar-refractivity contribution in [3.63, 3.8) is 0 Å². The maximum absolute atomic E-state index is 13.6. The summed E-state index contributed by atoms with van der Waals surface area (Å²) in [6.45, 7) is 7.52. The average molecular weight is 493 g/mol. The van der Waals surface area contributed by atoms with E-state index in [2.05, 4.69) is 10.2 Å². The SMILES string of the molecule is C1CCCNCC1.CCN(c1ccccc1S(=O)(=O)c1ccc(F)c(F)c1)C1CC[NH+]2CCC12.